The van der Waals surface area contributed by atoms with Gasteiger partial charge in [-0.2, -0.15) is 0 Å². The molecule has 2 rings (SSSR count). The standard InChI is InChI=1S/C17H27FN2/c1-4-11-19-13(3)17-15(18)7-6-8-16(17)20(5-2)12-14-9-10-14/h6-8,13-14,19H,4-5,9-12H2,1-3H3. The van der Waals surface area contributed by atoms with Crippen molar-refractivity contribution in [2.45, 2.75) is 46.1 Å². The van der Waals surface area contributed by atoms with Crippen molar-refractivity contribution in [3.63, 3.8) is 0 Å². The third kappa shape index (κ3) is 3.72. The fraction of sp³-hybridized carbons (Fsp3) is 0.647. The molecule has 1 unspecified atom stereocenters. The number of hydrogen-bond acceptors (Lipinski definition) is 2. The van der Waals surface area contributed by atoms with Gasteiger partial charge in [-0.3, -0.25) is 0 Å². The van der Waals surface area contributed by atoms with Gasteiger partial charge in [0.25, 0.3) is 0 Å². The van der Waals surface area contributed by atoms with Gasteiger partial charge in [0.2, 0.25) is 0 Å². The third-order valence-corrected chi connectivity index (χ3v) is 4.06. The molecule has 112 valence electrons. The van der Waals surface area contributed by atoms with Crippen LogP contribution >= 0.6 is 0 Å². The van der Waals surface area contributed by atoms with E-state index in [-0.39, 0.29) is 11.9 Å². The van der Waals surface area contributed by atoms with E-state index in [2.05, 4.69) is 37.1 Å². The second-order valence-electron chi connectivity index (χ2n) is 5.83. The monoisotopic (exact) mass is 278 g/mol. The summed E-state index contributed by atoms with van der Waals surface area (Å²) in [6.45, 7) is 9.27. The molecule has 20 heavy (non-hydrogen) atoms. The topological polar surface area (TPSA) is 15.3 Å². The van der Waals surface area contributed by atoms with E-state index in [1.807, 2.05) is 6.07 Å². The summed E-state index contributed by atoms with van der Waals surface area (Å²) >= 11 is 0. The Hall–Kier alpha value is -1.09. The van der Waals surface area contributed by atoms with Crippen molar-refractivity contribution < 1.29 is 4.39 Å². The number of anilines is 1. The molecule has 1 N–H and O–H groups in total. The molecule has 0 heterocycles. The zero-order chi connectivity index (χ0) is 14.5. The van der Waals surface area contributed by atoms with Crippen LogP contribution in [0.25, 0.3) is 0 Å². The first-order chi connectivity index (χ1) is 9.67. The number of nitrogens with zero attached hydrogens (tertiary/aromatic N) is 1. The molecule has 0 bridgehead atoms. The van der Waals surface area contributed by atoms with Crippen molar-refractivity contribution in [3.8, 4) is 0 Å². The SMILES string of the molecule is CCCNC(C)c1c(F)cccc1N(CC)CC1CC1. The molecule has 0 aromatic heterocycles. The van der Waals surface area contributed by atoms with E-state index in [0.717, 1.165) is 43.2 Å². The number of nitrogens with one attached hydrogen (secondary N) is 1. The molecule has 0 aliphatic heterocycles. The van der Waals surface area contributed by atoms with E-state index >= 15 is 0 Å². The third-order valence-electron chi connectivity index (χ3n) is 4.06. The number of benzene rings is 1. The van der Waals surface area contributed by atoms with Crippen LogP contribution in [0.5, 0.6) is 0 Å². The van der Waals surface area contributed by atoms with E-state index in [1.165, 1.54) is 12.8 Å². The first-order valence-electron chi connectivity index (χ1n) is 7.94. The highest BCUT2D eigenvalue weighted by Crippen LogP contribution is 2.34. The van der Waals surface area contributed by atoms with Gasteiger partial charge in [-0.1, -0.05) is 13.0 Å². The summed E-state index contributed by atoms with van der Waals surface area (Å²) in [5, 5.41) is 3.41. The van der Waals surface area contributed by atoms with Gasteiger partial charge in [0.1, 0.15) is 5.82 Å². The Morgan fingerprint density at radius 3 is 2.70 bits per heavy atom. The fourth-order valence-corrected chi connectivity index (χ4v) is 2.70. The van der Waals surface area contributed by atoms with Gasteiger partial charge >= 0.3 is 0 Å². The molecule has 1 aliphatic carbocycles. The highest BCUT2D eigenvalue weighted by atomic mass is 19.1. The Balaban J connectivity index is 2.23. The minimum absolute atomic E-state index is 0.0550. The number of rotatable bonds is 8. The Labute approximate surface area is 122 Å². The molecule has 1 atom stereocenters. The van der Waals surface area contributed by atoms with Gasteiger partial charge in [-0.25, -0.2) is 4.39 Å². The minimum atomic E-state index is -0.0900. The molecule has 1 saturated carbocycles. The van der Waals surface area contributed by atoms with Crippen molar-refractivity contribution in [1.29, 1.82) is 0 Å². The molecule has 0 spiro atoms. The van der Waals surface area contributed by atoms with Gasteiger partial charge < -0.3 is 10.2 Å². The summed E-state index contributed by atoms with van der Waals surface area (Å²) in [5.74, 6) is 0.720. The van der Waals surface area contributed by atoms with Crippen molar-refractivity contribution in [2.75, 3.05) is 24.5 Å². The van der Waals surface area contributed by atoms with Crippen molar-refractivity contribution in [1.82, 2.24) is 5.32 Å². The normalized spacial score (nSPS) is 16.2. The lowest BCUT2D eigenvalue weighted by molar-refractivity contribution is 0.525. The van der Waals surface area contributed by atoms with E-state index < -0.39 is 0 Å². The lowest BCUT2D eigenvalue weighted by Gasteiger charge is -2.28. The van der Waals surface area contributed by atoms with Gasteiger partial charge in [0.15, 0.2) is 0 Å². The number of halogens is 1. The van der Waals surface area contributed by atoms with Crippen molar-refractivity contribution >= 4 is 5.69 Å². The molecular weight excluding hydrogens is 251 g/mol. The minimum Gasteiger partial charge on any atom is -0.371 e. The van der Waals surface area contributed by atoms with Gasteiger partial charge in [0, 0.05) is 30.4 Å². The quantitative estimate of drug-likeness (QED) is 0.769. The second kappa shape index (κ2) is 7.07. The van der Waals surface area contributed by atoms with E-state index in [1.54, 1.807) is 6.07 Å². The van der Waals surface area contributed by atoms with Crippen LogP contribution in [-0.4, -0.2) is 19.6 Å². The van der Waals surface area contributed by atoms with Gasteiger partial charge in [0.05, 0.1) is 0 Å². The van der Waals surface area contributed by atoms with Crippen LogP contribution in [0.4, 0.5) is 10.1 Å². The van der Waals surface area contributed by atoms with Crippen LogP contribution in [0.15, 0.2) is 18.2 Å². The molecule has 0 radical (unpaired) electrons. The van der Waals surface area contributed by atoms with Crippen LogP contribution in [0.1, 0.15) is 51.6 Å². The van der Waals surface area contributed by atoms with Crippen molar-refractivity contribution in [3.05, 3.63) is 29.6 Å². The summed E-state index contributed by atoms with van der Waals surface area (Å²) in [4.78, 5) is 2.33. The fourth-order valence-electron chi connectivity index (χ4n) is 2.70. The maximum Gasteiger partial charge on any atom is 0.130 e. The zero-order valence-electron chi connectivity index (χ0n) is 13.0. The first-order valence-corrected chi connectivity index (χ1v) is 7.94. The molecule has 1 fully saturated rings. The molecule has 0 saturated heterocycles. The van der Waals surface area contributed by atoms with E-state index in [0.29, 0.717) is 0 Å². The maximum absolute atomic E-state index is 14.3. The van der Waals surface area contributed by atoms with Gasteiger partial charge in [-0.05, 0) is 57.7 Å². The molecule has 2 nitrogen and oxygen atoms in total. The largest absolute Gasteiger partial charge is 0.371 e. The average Bonchev–Trinajstić information content (AvgIpc) is 3.26. The zero-order valence-corrected chi connectivity index (χ0v) is 13.0. The lowest BCUT2D eigenvalue weighted by Crippen LogP contribution is -2.29. The Morgan fingerprint density at radius 1 is 1.35 bits per heavy atom. The molecule has 1 aromatic rings. The number of hydrogen-bond donors (Lipinski definition) is 1. The predicted molar refractivity (Wildman–Crippen MR) is 83.7 cm³/mol. The van der Waals surface area contributed by atoms with Crippen LogP contribution in [-0.2, 0) is 0 Å². The van der Waals surface area contributed by atoms with Crippen LogP contribution in [0.2, 0.25) is 0 Å². The second-order valence-corrected chi connectivity index (χ2v) is 5.83. The summed E-state index contributed by atoms with van der Waals surface area (Å²) in [7, 11) is 0. The van der Waals surface area contributed by atoms with Crippen LogP contribution in [0, 0.1) is 11.7 Å². The average molecular weight is 278 g/mol. The predicted octanol–water partition coefficient (Wildman–Crippen LogP) is 4.12. The Bertz CT molecular complexity index is 429. The summed E-state index contributed by atoms with van der Waals surface area (Å²) in [6, 6.07) is 5.53. The Morgan fingerprint density at radius 2 is 2.10 bits per heavy atom. The smallest absolute Gasteiger partial charge is 0.130 e. The summed E-state index contributed by atoms with van der Waals surface area (Å²) < 4.78 is 14.3. The molecule has 3 heteroatoms. The maximum atomic E-state index is 14.3. The summed E-state index contributed by atoms with van der Waals surface area (Å²) in [6.07, 6.45) is 3.71. The van der Waals surface area contributed by atoms with E-state index in [4.69, 9.17) is 0 Å². The molecule has 0 amide bonds. The first kappa shape index (κ1) is 15.3. The van der Waals surface area contributed by atoms with Gasteiger partial charge in [-0.15, -0.1) is 0 Å². The Kier molecular flexibility index (Phi) is 5.41. The summed E-state index contributed by atoms with van der Waals surface area (Å²) in [5.41, 5.74) is 1.89. The van der Waals surface area contributed by atoms with Crippen molar-refractivity contribution in [2.24, 2.45) is 5.92 Å². The highest BCUT2D eigenvalue weighted by Gasteiger charge is 2.26. The highest BCUT2D eigenvalue weighted by molar-refractivity contribution is 5.55. The van der Waals surface area contributed by atoms with Crippen LogP contribution < -0.4 is 10.2 Å². The molecule has 1 aliphatic rings. The lowest BCUT2D eigenvalue weighted by atomic mass is 10.0. The molecular formula is C17H27FN2. The van der Waals surface area contributed by atoms with Crippen LogP contribution in [0.3, 0.4) is 0 Å². The molecule has 1 aromatic carbocycles. The van der Waals surface area contributed by atoms with E-state index in [9.17, 15) is 4.39 Å².